The smallest absolute Gasteiger partial charge is 0.251 e. The van der Waals surface area contributed by atoms with Crippen LogP contribution in [0.1, 0.15) is 54.4 Å². The van der Waals surface area contributed by atoms with E-state index in [1.54, 1.807) is 18.2 Å². The van der Waals surface area contributed by atoms with Gasteiger partial charge in [0.2, 0.25) is 0 Å². The summed E-state index contributed by atoms with van der Waals surface area (Å²) in [6.07, 6.45) is 5.02. The lowest BCUT2D eigenvalue weighted by Gasteiger charge is -2.32. The number of benzene rings is 2. The van der Waals surface area contributed by atoms with Crippen molar-refractivity contribution in [1.29, 1.82) is 5.26 Å². The number of nitrogens with zero attached hydrogens (tertiary/aromatic N) is 2. The van der Waals surface area contributed by atoms with Crippen LogP contribution in [0, 0.1) is 11.3 Å². The summed E-state index contributed by atoms with van der Waals surface area (Å²) in [4.78, 5) is 14.9. The molecule has 2 fully saturated rings. The maximum Gasteiger partial charge on any atom is 0.251 e. The predicted molar refractivity (Wildman–Crippen MR) is 124 cm³/mol. The Hall–Kier alpha value is -2.75. The third-order valence-electron chi connectivity index (χ3n) is 6.26. The van der Waals surface area contributed by atoms with Crippen LogP contribution in [0.3, 0.4) is 0 Å². The third-order valence-corrected chi connectivity index (χ3v) is 6.58. The lowest BCUT2D eigenvalue weighted by Crippen LogP contribution is -2.40. The Kier molecular flexibility index (Phi) is 7.19. The van der Waals surface area contributed by atoms with Gasteiger partial charge in [0.05, 0.1) is 22.8 Å². The molecule has 0 radical (unpaired) electrons. The fourth-order valence-electron chi connectivity index (χ4n) is 4.46. The Balaban J connectivity index is 1.25. The summed E-state index contributed by atoms with van der Waals surface area (Å²) in [6.45, 7) is 1.58. The van der Waals surface area contributed by atoms with Crippen molar-refractivity contribution in [3.8, 4) is 11.8 Å². The first-order chi connectivity index (χ1) is 15.5. The molecule has 1 aliphatic carbocycles. The van der Waals surface area contributed by atoms with E-state index in [4.69, 9.17) is 21.6 Å². The number of aliphatic hydroxyl groups is 1. The van der Waals surface area contributed by atoms with E-state index in [0.717, 1.165) is 50.8 Å². The molecule has 32 heavy (non-hydrogen) atoms. The Morgan fingerprint density at radius 2 is 1.88 bits per heavy atom. The Bertz CT molecular complexity index is 981. The van der Waals surface area contributed by atoms with Crippen molar-refractivity contribution in [1.82, 2.24) is 5.32 Å². The van der Waals surface area contributed by atoms with Crippen LogP contribution in [0.2, 0.25) is 5.02 Å². The van der Waals surface area contributed by atoms with Gasteiger partial charge in [-0.05, 0) is 74.9 Å². The summed E-state index contributed by atoms with van der Waals surface area (Å²) < 4.78 is 6.02. The van der Waals surface area contributed by atoms with Crippen LogP contribution in [-0.2, 0) is 0 Å². The van der Waals surface area contributed by atoms with Gasteiger partial charge in [-0.25, -0.2) is 0 Å². The topological polar surface area (TPSA) is 85.6 Å². The van der Waals surface area contributed by atoms with Gasteiger partial charge in [-0.1, -0.05) is 11.6 Å². The number of ether oxygens (including phenoxy) is 1. The highest BCUT2D eigenvalue weighted by atomic mass is 35.5. The zero-order valence-corrected chi connectivity index (χ0v) is 18.7. The monoisotopic (exact) mass is 453 g/mol. The van der Waals surface area contributed by atoms with Gasteiger partial charge in [-0.15, -0.1) is 0 Å². The molecule has 4 rings (SSSR count). The van der Waals surface area contributed by atoms with Crippen LogP contribution < -0.4 is 15.0 Å². The zero-order chi connectivity index (χ0) is 22.5. The van der Waals surface area contributed by atoms with Gasteiger partial charge < -0.3 is 20.1 Å². The minimum absolute atomic E-state index is 0.0570. The van der Waals surface area contributed by atoms with Crippen molar-refractivity contribution in [2.24, 2.45) is 0 Å². The van der Waals surface area contributed by atoms with Gasteiger partial charge in [0.15, 0.2) is 0 Å². The molecule has 7 heteroatoms. The van der Waals surface area contributed by atoms with Gasteiger partial charge in [-0.2, -0.15) is 5.26 Å². The first-order valence-electron chi connectivity index (χ1n) is 11.2. The first-order valence-corrected chi connectivity index (χ1v) is 11.6. The number of nitrogens with one attached hydrogen (secondary N) is 1. The summed E-state index contributed by atoms with van der Waals surface area (Å²) >= 11 is 6.08. The Morgan fingerprint density at radius 3 is 2.53 bits per heavy atom. The van der Waals surface area contributed by atoms with Crippen LogP contribution in [0.15, 0.2) is 42.5 Å². The van der Waals surface area contributed by atoms with E-state index in [-0.39, 0.29) is 24.2 Å². The molecule has 2 aliphatic rings. The van der Waals surface area contributed by atoms with E-state index in [2.05, 4.69) is 10.2 Å². The van der Waals surface area contributed by atoms with E-state index in [1.165, 1.54) is 0 Å². The molecule has 6 nitrogen and oxygen atoms in total. The van der Waals surface area contributed by atoms with Gasteiger partial charge >= 0.3 is 0 Å². The number of nitriles is 1. The minimum atomic E-state index is -0.278. The van der Waals surface area contributed by atoms with Crippen molar-refractivity contribution in [3.63, 3.8) is 0 Å². The molecular weight excluding hydrogens is 426 g/mol. The number of carbonyl (C=O) groups excluding carboxylic acids is 1. The molecule has 1 aliphatic heterocycles. The molecular formula is C25H28ClN3O3. The molecule has 1 heterocycles. The number of piperidine rings is 1. The normalized spacial score (nSPS) is 23.3. The van der Waals surface area contributed by atoms with Crippen molar-refractivity contribution >= 4 is 23.2 Å². The molecule has 168 valence electrons. The van der Waals surface area contributed by atoms with E-state index < -0.39 is 0 Å². The highest BCUT2D eigenvalue weighted by Gasteiger charge is 2.24. The van der Waals surface area contributed by atoms with Crippen LogP contribution >= 0.6 is 11.6 Å². The van der Waals surface area contributed by atoms with Crippen LogP contribution in [0.4, 0.5) is 5.69 Å². The number of hydrogen-bond donors (Lipinski definition) is 2. The largest absolute Gasteiger partial charge is 0.490 e. The van der Waals surface area contributed by atoms with Gasteiger partial charge in [0.25, 0.3) is 5.91 Å². The molecule has 0 spiro atoms. The van der Waals surface area contributed by atoms with Crippen LogP contribution in [0.25, 0.3) is 0 Å². The molecule has 1 amide bonds. The number of amides is 1. The lowest BCUT2D eigenvalue weighted by atomic mass is 9.92. The number of hydrogen-bond acceptors (Lipinski definition) is 5. The highest BCUT2D eigenvalue weighted by Crippen LogP contribution is 2.27. The minimum Gasteiger partial charge on any atom is -0.490 e. The summed E-state index contributed by atoms with van der Waals surface area (Å²) in [5, 5.41) is 22.4. The second-order valence-electron chi connectivity index (χ2n) is 8.61. The number of aliphatic hydroxyl groups excluding tert-OH is 1. The summed E-state index contributed by atoms with van der Waals surface area (Å²) in [5.41, 5.74) is 2.13. The number of β-amino-alcohol motifs (C(OH)–C–C–N with tert-alkyl or cyclic N) is 1. The number of carbonyl (C=O) groups is 1. The lowest BCUT2D eigenvalue weighted by molar-refractivity contribution is 0.0894. The Morgan fingerprint density at radius 1 is 1.12 bits per heavy atom. The quantitative estimate of drug-likeness (QED) is 0.705. The highest BCUT2D eigenvalue weighted by molar-refractivity contribution is 6.31. The van der Waals surface area contributed by atoms with Crippen molar-refractivity contribution in [3.05, 3.63) is 58.6 Å². The molecule has 2 N–H and O–H groups in total. The molecule has 1 atom stereocenters. The SMILES string of the molecule is N#Cc1ccc(OC2CCC(NC(=O)c3ccc(N4CCCC(O)C4)cc3)CC2)cc1Cl. The fourth-order valence-corrected chi connectivity index (χ4v) is 4.67. The van der Waals surface area contributed by atoms with E-state index >= 15 is 0 Å². The molecule has 2 aromatic rings. The molecule has 1 saturated carbocycles. The van der Waals surface area contributed by atoms with Crippen LogP contribution in [0.5, 0.6) is 5.75 Å². The summed E-state index contributed by atoms with van der Waals surface area (Å²) in [7, 11) is 0. The van der Waals surface area contributed by atoms with E-state index in [9.17, 15) is 9.90 Å². The second-order valence-corrected chi connectivity index (χ2v) is 9.01. The molecule has 0 aromatic heterocycles. The number of anilines is 1. The number of halogens is 1. The van der Waals surface area contributed by atoms with Gasteiger partial charge in [0.1, 0.15) is 11.8 Å². The second kappa shape index (κ2) is 10.2. The van der Waals surface area contributed by atoms with Crippen molar-refractivity contribution in [2.75, 3.05) is 18.0 Å². The summed E-state index contributed by atoms with van der Waals surface area (Å²) in [6, 6.07) is 14.9. The van der Waals surface area contributed by atoms with Crippen molar-refractivity contribution in [2.45, 2.75) is 56.8 Å². The van der Waals surface area contributed by atoms with Gasteiger partial charge in [0, 0.05) is 36.4 Å². The van der Waals surface area contributed by atoms with Crippen molar-refractivity contribution < 1.29 is 14.6 Å². The average Bonchev–Trinajstić information content (AvgIpc) is 2.80. The average molecular weight is 454 g/mol. The predicted octanol–water partition coefficient (Wildman–Crippen LogP) is 4.29. The first kappa shape index (κ1) is 22.4. The molecule has 1 unspecified atom stereocenters. The van der Waals surface area contributed by atoms with E-state index in [0.29, 0.717) is 28.4 Å². The standard InChI is InChI=1S/C25H28ClN3O3/c26-24-14-23(10-5-18(24)15-27)32-22-11-6-19(7-12-22)28-25(31)17-3-8-20(9-4-17)29-13-1-2-21(30)16-29/h3-5,8-10,14,19,21-22,30H,1-2,6-7,11-13,16H2,(H,28,31). The maximum atomic E-state index is 12.7. The fraction of sp³-hybridized carbons (Fsp3) is 0.440. The molecule has 1 saturated heterocycles. The zero-order valence-electron chi connectivity index (χ0n) is 18.0. The molecule has 2 aromatic carbocycles. The van der Waals surface area contributed by atoms with E-state index in [1.807, 2.05) is 30.3 Å². The third kappa shape index (κ3) is 5.53. The number of rotatable bonds is 5. The summed E-state index contributed by atoms with van der Waals surface area (Å²) in [5.74, 6) is 0.612. The van der Waals surface area contributed by atoms with Gasteiger partial charge in [-0.3, -0.25) is 4.79 Å². The molecule has 0 bridgehead atoms. The van der Waals surface area contributed by atoms with Crippen LogP contribution in [-0.4, -0.2) is 42.4 Å². The maximum absolute atomic E-state index is 12.7. The Labute approximate surface area is 193 Å².